The third-order valence-electron chi connectivity index (χ3n) is 3.03. The zero-order valence-corrected chi connectivity index (χ0v) is 11.5. The van der Waals surface area contributed by atoms with E-state index in [0.717, 1.165) is 13.1 Å². The summed E-state index contributed by atoms with van der Waals surface area (Å²) in [6.45, 7) is 6.11. The Morgan fingerprint density at radius 2 is 2.17 bits per heavy atom. The molecule has 0 spiro atoms. The van der Waals surface area contributed by atoms with Crippen LogP contribution in [0.25, 0.3) is 0 Å². The molecule has 0 radical (unpaired) electrons. The van der Waals surface area contributed by atoms with E-state index >= 15 is 0 Å². The Hall–Kier alpha value is -1.24. The molecule has 0 unspecified atom stereocenters. The number of nitrogens with two attached hydrogens (primary N) is 1. The summed E-state index contributed by atoms with van der Waals surface area (Å²) in [7, 11) is 0. The van der Waals surface area contributed by atoms with E-state index in [1.54, 1.807) is 0 Å². The maximum Gasteiger partial charge on any atom is 0.233 e. The smallest absolute Gasteiger partial charge is 0.233 e. The fraction of sp³-hybridized carbons (Fsp3) is 0.727. The van der Waals surface area contributed by atoms with Crippen molar-refractivity contribution in [3.63, 3.8) is 0 Å². The number of amides is 1. The summed E-state index contributed by atoms with van der Waals surface area (Å²) in [6.07, 6.45) is 1.20. The highest BCUT2D eigenvalue weighted by Gasteiger charge is 2.25. The Bertz CT molecular complexity index is 411. The summed E-state index contributed by atoms with van der Waals surface area (Å²) in [5.41, 5.74) is 5.43. The third-order valence-corrected chi connectivity index (χ3v) is 3.86. The number of likely N-dealkylation sites (tertiary alicyclic amines) is 1. The molecule has 1 aliphatic heterocycles. The van der Waals surface area contributed by atoms with Gasteiger partial charge in [-0.2, -0.15) is 4.98 Å². The lowest BCUT2D eigenvalue weighted by atomic mass is 9.92. The van der Waals surface area contributed by atoms with Gasteiger partial charge < -0.3 is 10.6 Å². The molecule has 1 fully saturated rings. The van der Waals surface area contributed by atoms with E-state index in [0.29, 0.717) is 22.7 Å². The van der Waals surface area contributed by atoms with E-state index in [9.17, 15) is 4.79 Å². The molecule has 1 aromatic rings. The summed E-state index contributed by atoms with van der Waals surface area (Å²) < 4.78 is 0. The molecule has 0 aromatic carbocycles. The molecule has 6 nitrogen and oxygen atoms in total. The van der Waals surface area contributed by atoms with Crippen molar-refractivity contribution < 1.29 is 4.79 Å². The van der Waals surface area contributed by atoms with Crippen LogP contribution in [0, 0.1) is 11.8 Å². The molecule has 0 aliphatic carbocycles. The predicted octanol–water partition coefficient (Wildman–Crippen LogP) is 0.984. The van der Waals surface area contributed by atoms with Crippen molar-refractivity contribution in [3.8, 4) is 0 Å². The maximum absolute atomic E-state index is 12.1. The lowest BCUT2D eigenvalue weighted by molar-refractivity contribution is -0.130. The molecular formula is C11H19N5OS. The number of H-pyrrole nitrogens is 1. The van der Waals surface area contributed by atoms with Crippen molar-refractivity contribution in [2.75, 3.05) is 24.6 Å². The SMILES string of the molecule is C[C@@H]1C[C@@H](C)CN(C(=O)CSc2n[nH]c(N)n2)C1. The monoisotopic (exact) mass is 269 g/mol. The van der Waals surface area contributed by atoms with Gasteiger partial charge in [0, 0.05) is 13.1 Å². The zero-order valence-electron chi connectivity index (χ0n) is 10.7. The van der Waals surface area contributed by atoms with Crippen molar-refractivity contribution in [3.05, 3.63) is 0 Å². The van der Waals surface area contributed by atoms with Crippen LogP contribution >= 0.6 is 11.8 Å². The Labute approximate surface area is 111 Å². The van der Waals surface area contributed by atoms with Gasteiger partial charge in [-0.25, -0.2) is 5.10 Å². The first-order chi connectivity index (χ1) is 8.54. The molecule has 7 heteroatoms. The number of hydrogen-bond donors (Lipinski definition) is 2. The van der Waals surface area contributed by atoms with Crippen molar-refractivity contribution in [1.82, 2.24) is 20.1 Å². The normalized spacial score (nSPS) is 24.2. The standard InChI is InChI=1S/C11H19N5OS/c1-7-3-8(2)5-16(4-7)9(17)6-18-11-13-10(12)14-15-11/h7-8H,3-6H2,1-2H3,(H3,12,13,14,15)/t7-,8-/m1/s1. The number of aromatic amines is 1. The minimum absolute atomic E-state index is 0.154. The first kappa shape index (κ1) is 13.2. The van der Waals surface area contributed by atoms with Gasteiger partial charge in [-0.1, -0.05) is 25.6 Å². The number of hydrogen-bond acceptors (Lipinski definition) is 5. The fourth-order valence-corrected chi connectivity index (χ4v) is 3.12. The first-order valence-corrected chi connectivity index (χ1v) is 7.11. The van der Waals surface area contributed by atoms with Crippen LogP contribution in [-0.2, 0) is 4.79 Å². The summed E-state index contributed by atoms with van der Waals surface area (Å²) >= 11 is 1.32. The van der Waals surface area contributed by atoms with Gasteiger partial charge in [-0.15, -0.1) is 5.10 Å². The summed E-state index contributed by atoms with van der Waals surface area (Å²) in [5.74, 6) is 1.98. The minimum Gasteiger partial charge on any atom is -0.368 e. The molecule has 100 valence electrons. The number of anilines is 1. The van der Waals surface area contributed by atoms with Crippen LogP contribution in [0.1, 0.15) is 20.3 Å². The molecule has 0 saturated carbocycles. The summed E-state index contributed by atoms with van der Waals surface area (Å²) in [5, 5.41) is 6.98. The average Bonchev–Trinajstić information content (AvgIpc) is 2.70. The van der Waals surface area contributed by atoms with E-state index < -0.39 is 0 Å². The van der Waals surface area contributed by atoms with Gasteiger partial charge in [0.1, 0.15) is 0 Å². The van der Waals surface area contributed by atoms with Gasteiger partial charge in [-0.05, 0) is 18.3 Å². The van der Waals surface area contributed by atoms with Gasteiger partial charge in [-0.3, -0.25) is 4.79 Å². The summed E-state index contributed by atoms with van der Waals surface area (Å²) in [6, 6.07) is 0. The number of carbonyl (C=O) groups excluding carboxylic acids is 1. The van der Waals surface area contributed by atoms with E-state index in [1.807, 2.05) is 4.90 Å². The Balaban J connectivity index is 1.84. The molecule has 2 rings (SSSR count). The largest absolute Gasteiger partial charge is 0.368 e. The molecule has 1 aromatic heterocycles. The van der Waals surface area contributed by atoms with Gasteiger partial charge in [0.15, 0.2) is 0 Å². The van der Waals surface area contributed by atoms with E-state index in [2.05, 4.69) is 29.0 Å². The van der Waals surface area contributed by atoms with Gasteiger partial charge in [0.25, 0.3) is 0 Å². The molecular weight excluding hydrogens is 250 g/mol. The Kier molecular flexibility index (Phi) is 4.11. The van der Waals surface area contributed by atoms with Crippen LogP contribution in [0.4, 0.5) is 5.95 Å². The highest BCUT2D eigenvalue weighted by molar-refractivity contribution is 7.99. The number of nitrogens with zero attached hydrogens (tertiary/aromatic N) is 3. The topological polar surface area (TPSA) is 87.9 Å². The number of piperidine rings is 1. The van der Waals surface area contributed by atoms with Crippen LogP contribution in [0.2, 0.25) is 0 Å². The molecule has 1 aliphatic rings. The number of carbonyl (C=O) groups is 1. The van der Waals surface area contributed by atoms with Crippen molar-refractivity contribution in [2.24, 2.45) is 11.8 Å². The quantitative estimate of drug-likeness (QED) is 0.799. The van der Waals surface area contributed by atoms with Crippen molar-refractivity contribution >= 4 is 23.6 Å². The maximum atomic E-state index is 12.1. The van der Waals surface area contributed by atoms with E-state index in [4.69, 9.17) is 5.73 Å². The minimum atomic E-state index is 0.154. The van der Waals surface area contributed by atoms with Crippen LogP contribution in [0.3, 0.4) is 0 Å². The van der Waals surface area contributed by atoms with Crippen LogP contribution in [0.15, 0.2) is 5.16 Å². The Morgan fingerprint density at radius 3 is 2.72 bits per heavy atom. The second kappa shape index (κ2) is 5.60. The molecule has 1 saturated heterocycles. The second-order valence-electron chi connectivity index (χ2n) is 5.04. The number of nitrogen functional groups attached to an aromatic ring is 1. The molecule has 1 amide bonds. The number of nitrogens with one attached hydrogen (secondary N) is 1. The van der Waals surface area contributed by atoms with Gasteiger partial charge in [0.2, 0.25) is 17.0 Å². The summed E-state index contributed by atoms with van der Waals surface area (Å²) in [4.78, 5) is 18.0. The highest BCUT2D eigenvalue weighted by atomic mass is 32.2. The van der Waals surface area contributed by atoms with Crippen LogP contribution in [-0.4, -0.2) is 44.8 Å². The van der Waals surface area contributed by atoms with Crippen LogP contribution < -0.4 is 5.73 Å². The fourth-order valence-electron chi connectivity index (χ4n) is 2.41. The lowest BCUT2D eigenvalue weighted by Crippen LogP contribution is -2.43. The number of rotatable bonds is 3. The predicted molar refractivity (Wildman–Crippen MR) is 71.0 cm³/mol. The molecule has 2 heterocycles. The number of aromatic nitrogens is 3. The highest BCUT2D eigenvalue weighted by Crippen LogP contribution is 2.22. The van der Waals surface area contributed by atoms with E-state index in [1.165, 1.54) is 18.2 Å². The van der Waals surface area contributed by atoms with Crippen molar-refractivity contribution in [2.45, 2.75) is 25.4 Å². The molecule has 18 heavy (non-hydrogen) atoms. The number of thioether (sulfide) groups is 1. The zero-order chi connectivity index (χ0) is 13.1. The van der Waals surface area contributed by atoms with Crippen molar-refractivity contribution in [1.29, 1.82) is 0 Å². The second-order valence-corrected chi connectivity index (χ2v) is 5.98. The molecule has 2 atom stereocenters. The van der Waals surface area contributed by atoms with E-state index in [-0.39, 0.29) is 11.9 Å². The van der Waals surface area contributed by atoms with Gasteiger partial charge >= 0.3 is 0 Å². The molecule has 0 bridgehead atoms. The third kappa shape index (κ3) is 3.38. The lowest BCUT2D eigenvalue weighted by Gasteiger charge is -2.34. The Morgan fingerprint density at radius 1 is 1.50 bits per heavy atom. The molecule has 3 N–H and O–H groups in total. The van der Waals surface area contributed by atoms with Gasteiger partial charge in [0.05, 0.1) is 5.75 Å². The first-order valence-electron chi connectivity index (χ1n) is 6.13. The van der Waals surface area contributed by atoms with Crippen LogP contribution in [0.5, 0.6) is 0 Å². The average molecular weight is 269 g/mol.